The van der Waals surface area contributed by atoms with Crippen LogP contribution in [0.15, 0.2) is 40.2 Å². The normalized spacial score (nSPS) is 10.1. The second kappa shape index (κ2) is 6.22. The van der Waals surface area contributed by atoms with E-state index in [9.17, 15) is 4.79 Å². The zero-order valence-corrected chi connectivity index (χ0v) is 12.4. The predicted molar refractivity (Wildman–Crippen MR) is 79.3 cm³/mol. The van der Waals surface area contributed by atoms with Crippen molar-refractivity contribution in [3.05, 3.63) is 50.1 Å². The number of amides is 2. The van der Waals surface area contributed by atoms with Crippen molar-refractivity contribution in [2.45, 2.75) is 6.54 Å². The minimum Gasteiger partial charge on any atom is -0.333 e. The van der Waals surface area contributed by atoms with E-state index in [0.29, 0.717) is 17.3 Å². The lowest BCUT2D eigenvalue weighted by Crippen LogP contribution is -2.27. The van der Waals surface area contributed by atoms with Crippen LogP contribution >= 0.6 is 38.9 Å². The summed E-state index contributed by atoms with van der Waals surface area (Å²) >= 11 is 10.7. The summed E-state index contributed by atoms with van der Waals surface area (Å²) < 4.78 is 1.03. The van der Waals surface area contributed by atoms with Gasteiger partial charge in [0, 0.05) is 25.4 Å². The maximum atomic E-state index is 11.6. The van der Waals surface area contributed by atoms with Crippen molar-refractivity contribution in [1.29, 1.82) is 0 Å². The third kappa shape index (κ3) is 4.01. The maximum absolute atomic E-state index is 11.6. The minimum atomic E-state index is -0.234. The highest BCUT2D eigenvalue weighted by atomic mass is 79.9. The van der Waals surface area contributed by atoms with Crippen LogP contribution in [0, 0.1) is 0 Å². The first-order chi connectivity index (χ1) is 8.63. The van der Waals surface area contributed by atoms with Gasteiger partial charge in [0.25, 0.3) is 0 Å². The molecule has 1 aromatic heterocycles. The fourth-order valence-electron chi connectivity index (χ4n) is 1.32. The fourth-order valence-corrected chi connectivity index (χ4v) is 2.84. The van der Waals surface area contributed by atoms with E-state index >= 15 is 0 Å². The molecule has 2 aromatic rings. The van der Waals surface area contributed by atoms with Crippen LogP contribution in [0.1, 0.15) is 4.88 Å². The summed E-state index contributed by atoms with van der Waals surface area (Å²) in [6, 6.07) is 8.71. The van der Waals surface area contributed by atoms with E-state index in [0.717, 1.165) is 9.35 Å². The van der Waals surface area contributed by atoms with E-state index in [4.69, 9.17) is 11.6 Å². The molecule has 0 bridgehead atoms. The molecule has 2 amide bonds. The summed E-state index contributed by atoms with van der Waals surface area (Å²) in [5.74, 6) is 0. The second-order valence-corrected chi connectivity index (χ2v) is 5.89. The molecule has 0 spiro atoms. The molecule has 6 heteroatoms. The Morgan fingerprint density at radius 1 is 1.33 bits per heavy atom. The van der Waals surface area contributed by atoms with Crippen LogP contribution in [-0.2, 0) is 6.54 Å². The van der Waals surface area contributed by atoms with Crippen LogP contribution < -0.4 is 10.6 Å². The summed E-state index contributed by atoms with van der Waals surface area (Å²) in [6.45, 7) is 0.510. The van der Waals surface area contributed by atoms with Crippen LogP contribution in [0.5, 0.6) is 0 Å². The zero-order valence-electron chi connectivity index (χ0n) is 9.24. The van der Waals surface area contributed by atoms with Crippen molar-refractivity contribution in [2.75, 3.05) is 5.32 Å². The number of thiophene rings is 1. The summed E-state index contributed by atoms with van der Waals surface area (Å²) in [4.78, 5) is 12.7. The first-order valence-corrected chi connectivity index (χ1v) is 7.22. The van der Waals surface area contributed by atoms with E-state index < -0.39 is 0 Å². The van der Waals surface area contributed by atoms with Crippen molar-refractivity contribution in [2.24, 2.45) is 0 Å². The largest absolute Gasteiger partial charge is 0.333 e. The Bertz CT molecular complexity index is 541. The van der Waals surface area contributed by atoms with Crippen molar-refractivity contribution in [3.63, 3.8) is 0 Å². The van der Waals surface area contributed by atoms with Gasteiger partial charge in [-0.05, 0) is 46.3 Å². The van der Waals surface area contributed by atoms with E-state index in [2.05, 4.69) is 26.6 Å². The quantitative estimate of drug-likeness (QED) is 0.845. The van der Waals surface area contributed by atoms with Gasteiger partial charge < -0.3 is 10.6 Å². The molecule has 0 aliphatic rings. The van der Waals surface area contributed by atoms with Crippen LogP contribution in [0.3, 0.4) is 0 Å². The fraction of sp³-hybridized carbons (Fsp3) is 0.0833. The number of carbonyl (C=O) groups is 1. The molecule has 1 aromatic carbocycles. The summed E-state index contributed by atoms with van der Waals surface area (Å²) in [7, 11) is 0. The van der Waals surface area contributed by atoms with Gasteiger partial charge in [0.15, 0.2) is 0 Å². The average molecular weight is 346 g/mol. The molecule has 0 fully saturated rings. The van der Waals surface area contributed by atoms with E-state index in [1.54, 1.807) is 35.6 Å². The molecule has 18 heavy (non-hydrogen) atoms. The topological polar surface area (TPSA) is 41.1 Å². The average Bonchev–Trinajstić information content (AvgIpc) is 2.76. The van der Waals surface area contributed by atoms with Crippen LogP contribution in [-0.4, -0.2) is 6.03 Å². The van der Waals surface area contributed by atoms with E-state index in [1.165, 1.54) is 0 Å². The molecule has 0 aliphatic heterocycles. The third-order valence-electron chi connectivity index (χ3n) is 2.15. The number of hydrogen-bond acceptors (Lipinski definition) is 2. The molecule has 1 heterocycles. The number of hydrogen-bond donors (Lipinski definition) is 2. The molecular weight excluding hydrogens is 336 g/mol. The van der Waals surface area contributed by atoms with Gasteiger partial charge >= 0.3 is 6.03 Å². The SMILES string of the molecule is O=C(NCc1cc(Br)cs1)Nc1ccc(Cl)cc1. The lowest BCUT2D eigenvalue weighted by atomic mass is 10.3. The Kier molecular flexibility index (Phi) is 4.63. The number of anilines is 1. The molecule has 3 nitrogen and oxygen atoms in total. The number of carbonyl (C=O) groups excluding carboxylic acids is 1. The molecule has 0 saturated heterocycles. The maximum Gasteiger partial charge on any atom is 0.319 e. The standard InChI is InChI=1S/C12H10BrClN2OS/c13-8-5-11(18-7-8)6-15-12(17)16-10-3-1-9(14)2-4-10/h1-5,7H,6H2,(H2,15,16,17). The molecule has 94 valence electrons. The number of urea groups is 1. The molecule has 2 rings (SSSR count). The number of rotatable bonds is 3. The molecule has 0 saturated carbocycles. The van der Waals surface area contributed by atoms with Crippen molar-refractivity contribution in [1.82, 2.24) is 5.32 Å². The Hall–Kier alpha value is -1.04. The molecule has 2 N–H and O–H groups in total. The lowest BCUT2D eigenvalue weighted by Gasteiger charge is -2.06. The summed E-state index contributed by atoms with van der Waals surface area (Å²) in [5, 5.41) is 8.14. The minimum absolute atomic E-state index is 0.234. The van der Waals surface area contributed by atoms with Gasteiger partial charge in [-0.3, -0.25) is 0 Å². The first-order valence-electron chi connectivity index (χ1n) is 5.17. The lowest BCUT2D eigenvalue weighted by molar-refractivity contribution is 0.252. The van der Waals surface area contributed by atoms with Crippen LogP contribution in [0.4, 0.5) is 10.5 Å². The molecule has 0 unspecified atom stereocenters. The van der Waals surface area contributed by atoms with Crippen molar-refractivity contribution < 1.29 is 4.79 Å². The Morgan fingerprint density at radius 2 is 2.06 bits per heavy atom. The van der Waals surface area contributed by atoms with E-state index in [-0.39, 0.29) is 6.03 Å². The van der Waals surface area contributed by atoms with Gasteiger partial charge in [0.2, 0.25) is 0 Å². The molecular formula is C12H10BrClN2OS. The van der Waals surface area contributed by atoms with Crippen LogP contribution in [0.2, 0.25) is 5.02 Å². The van der Waals surface area contributed by atoms with E-state index in [1.807, 2.05) is 11.4 Å². The molecule has 0 radical (unpaired) electrons. The Morgan fingerprint density at radius 3 is 2.67 bits per heavy atom. The highest BCUT2D eigenvalue weighted by Crippen LogP contribution is 2.19. The van der Waals surface area contributed by atoms with Gasteiger partial charge in [-0.1, -0.05) is 11.6 Å². The summed E-state index contributed by atoms with van der Waals surface area (Å²) in [6.07, 6.45) is 0. The predicted octanol–water partition coefficient (Wildman–Crippen LogP) is 4.49. The number of halogens is 2. The smallest absolute Gasteiger partial charge is 0.319 e. The Labute approximate surface area is 122 Å². The third-order valence-corrected chi connectivity index (χ3v) is 4.10. The monoisotopic (exact) mass is 344 g/mol. The summed E-state index contributed by atoms with van der Waals surface area (Å²) in [5.41, 5.74) is 0.712. The van der Waals surface area contributed by atoms with Crippen LogP contribution in [0.25, 0.3) is 0 Å². The van der Waals surface area contributed by atoms with Gasteiger partial charge in [-0.25, -0.2) is 4.79 Å². The van der Waals surface area contributed by atoms with Gasteiger partial charge in [0.05, 0.1) is 6.54 Å². The highest BCUT2D eigenvalue weighted by Gasteiger charge is 2.03. The van der Waals surface area contributed by atoms with Gasteiger partial charge in [-0.2, -0.15) is 0 Å². The first kappa shape index (κ1) is 13.4. The van der Waals surface area contributed by atoms with Crippen molar-refractivity contribution in [3.8, 4) is 0 Å². The van der Waals surface area contributed by atoms with Crippen molar-refractivity contribution >= 4 is 50.6 Å². The number of benzene rings is 1. The zero-order chi connectivity index (χ0) is 13.0. The second-order valence-electron chi connectivity index (χ2n) is 3.55. The number of nitrogens with one attached hydrogen (secondary N) is 2. The van der Waals surface area contributed by atoms with Gasteiger partial charge in [0.1, 0.15) is 0 Å². The Balaban J connectivity index is 1.83. The van der Waals surface area contributed by atoms with Gasteiger partial charge in [-0.15, -0.1) is 11.3 Å². The highest BCUT2D eigenvalue weighted by molar-refractivity contribution is 9.10. The molecule has 0 aliphatic carbocycles. The molecule has 0 atom stereocenters.